The van der Waals surface area contributed by atoms with E-state index in [0.29, 0.717) is 41.8 Å². The average molecular weight is 597 g/mol. The molecular weight excluding hydrogens is 570 g/mol. The molecule has 1 atom stereocenters. The number of amides is 1. The van der Waals surface area contributed by atoms with Gasteiger partial charge >= 0.3 is 0 Å². The van der Waals surface area contributed by atoms with Gasteiger partial charge in [-0.3, -0.25) is 9.78 Å². The van der Waals surface area contributed by atoms with E-state index in [2.05, 4.69) is 15.6 Å². The van der Waals surface area contributed by atoms with Crippen molar-refractivity contribution in [1.82, 2.24) is 4.98 Å². The molecule has 0 radical (unpaired) electrons. The minimum Gasteiger partial charge on any atom is -0.618 e. The number of hydrogen-bond acceptors (Lipinski definition) is 4. The first-order valence-electron chi connectivity index (χ1n) is 14.0. The number of nitrogens with zero attached hydrogens (tertiary/aromatic N) is 2. The van der Waals surface area contributed by atoms with E-state index in [-0.39, 0.29) is 28.0 Å². The molecule has 216 valence electrons. The fourth-order valence-corrected chi connectivity index (χ4v) is 5.69. The standard InChI is InChI=1S/C34H27ClF2N4O2/c35-28-13-14-29(36)33(34(28)37)23-10-15-31(41(43)20-23)27-8-1-2-9-32(42)40-30-18-24(39-25-7-4-16-38-19-25)11-12-26(30)21-5-3-6-22(27)17-21/h3-7,10-20,27,39H,1-2,8-9H2,(H,40,42)/t27-/m0/s1. The average Bonchev–Trinajstić information content (AvgIpc) is 3.00. The molecule has 6 nitrogen and oxygen atoms in total. The van der Waals surface area contributed by atoms with Crippen LogP contribution < -0.4 is 15.4 Å². The van der Waals surface area contributed by atoms with Gasteiger partial charge in [-0.25, -0.2) is 8.78 Å². The van der Waals surface area contributed by atoms with Gasteiger partial charge < -0.3 is 15.8 Å². The summed E-state index contributed by atoms with van der Waals surface area (Å²) in [6, 6.07) is 22.8. The SMILES string of the molecule is O=C1CCCC[C@H](c2ccc(-c3c(F)ccc(Cl)c3F)c[n+]2[O-])c2cccc(c2)-c2ccc(Nc3cccnc3)cc2N1. The third-order valence-corrected chi connectivity index (χ3v) is 7.92. The highest BCUT2D eigenvalue weighted by Gasteiger charge is 2.25. The zero-order chi connectivity index (χ0) is 29.9. The molecule has 0 saturated carbocycles. The van der Waals surface area contributed by atoms with Crippen LogP contribution in [0.4, 0.5) is 25.8 Å². The van der Waals surface area contributed by atoms with Crippen LogP contribution in [0, 0.1) is 16.8 Å². The van der Waals surface area contributed by atoms with Gasteiger partial charge in [-0.1, -0.05) is 48.4 Å². The first kappa shape index (κ1) is 28.3. The molecule has 0 saturated heterocycles. The summed E-state index contributed by atoms with van der Waals surface area (Å²) in [5.41, 5.74) is 5.13. The van der Waals surface area contributed by atoms with Crippen molar-refractivity contribution in [3.63, 3.8) is 0 Å². The lowest BCUT2D eigenvalue weighted by molar-refractivity contribution is -0.614. The Morgan fingerprint density at radius 1 is 0.953 bits per heavy atom. The van der Waals surface area contributed by atoms with Crippen molar-refractivity contribution in [1.29, 1.82) is 0 Å². The third kappa shape index (κ3) is 6.05. The highest BCUT2D eigenvalue weighted by Crippen LogP contribution is 2.37. The van der Waals surface area contributed by atoms with E-state index in [1.165, 1.54) is 6.20 Å². The molecule has 3 aromatic carbocycles. The molecule has 1 amide bonds. The number of benzene rings is 3. The number of halogens is 3. The molecule has 0 spiro atoms. The number of fused-ring (bicyclic) bond motifs is 4. The van der Waals surface area contributed by atoms with Gasteiger partial charge in [0.15, 0.2) is 17.7 Å². The van der Waals surface area contributed by atoms with Crippen molar-refractivity contribution < 1.29 is 18.3 Å². The second-order valence-corrected chi connectivity index (χ2v) is 10.9. The molecule has 9 heteroatoms. The van der Waals surface area contributed by atoms with Crippen LogP contribution in [0.5, 0.6) is 0 Å². The summed E-state index contributed by atoms with van der Waals surface area (Å²) in [6.45, 7) is 0. The maximum absolute atomic E-state index is 14.7. The highest BCUT2D eigenvalue weighted by molar-refractivity contribution is 6.31. The molecule has 5 aromatic rings. The summed E-state index contributed by atoms with van der Waals surface area (Å²) in [4.78, 5) is 17.1. The van der Waals surface area contributed by atoms with Crippen molar-refractivity contribution in [2.45, 2.75) is 31.6 Å². The molecule has 0 unspecified atom stereocenters. The molecule has 1 aliphatic rings. The number of carbonyl (C=O) groups excluding carboxylic acids is 1. The van der Waals surface area contributed by atoms with Gasteiger partial charge in [0.05, 0.1) is 39.6 Å². The minimum atomic E-state index is -0.913. The lowest BCUT2D eigenvalue weighted by Crippen LogP contribution is -2.33. The number of aromatic nitrogens is 2. The maximum atomic E-state index is 14.7. The molecule has 1 aliphatic heterocycles. The predicted octanol–water partition coefficient (Wildman–Crippen LogP) is 8.37. The minimum absolute atomic E-state index is 0.0955. The van der Waals surface area contributed by atoms with E-state index >= 15 is 0 Å². The zero-order valence-electron chi connectivity index (χ0n) is 23.0. The van der Waals surface area contributed by atoms with Crippen LogP contribution in [0.2, 0.25) is 5.02 Å². The Balaban J connectivity index is 1.39. The van der Waals surface area contributed by atoms with Gasteiger partial charge in [0, 0.05) is 29.9 Å². The van der Waals surface area contributed by atoms with E-state index in [4.69, 9.17) is 11.6 Å². The third-order valence-electron chi connectivity index (χ3n) is 7.62. The Morgan fingerprint density at radius 2 is 1.84 bits per heavy atom. The number of anilines is 3. The monoisotopic (exact) mass is 596 g/mol. The van der Waals surface area contributed by atoms with Crippen molar-refractivity contribution in [2.24, 2.45) is 0 Å². The number of rotatable bonds is 4. The summed E-state index contributed by atoms with van der Waals surface area (Å²) in [7, 11) is 0. The van der Waals surface area contributed by atoms with Crippen LogP contribution in [0.15, 0.2) is 97.5 Å². The summed E-state index contributed by atoms with van der Waals surface area (Å²) in [6.07, 6.45) is 6.86. The van der Waals surface area contributed by atoms with Gasteiger partial charge in [0.25, 0.3) is 0 Å². The predicted molar refractivity (Wildman–Crippen MR) is 164 cm³/mol. The summed E-state index contributed by atoms with van der Waals surface area (Å²) < 4.78 is 29.9. The van der Waals surface area contributed by atoms with E-state index in [1.54, 1.807) is 24.5 Å². The van der Waals surface area contributed by atoms with Crippen molar-refractivity contribution >= 4 is 34.6 Å². The molecule has 3 heterocycles. The lowest BCUT2D eigenvalue weighted by atomic mass is 9.87. The number of pyridine rings is 2. The molecule has 2 aromatic heterocycles. The van der Waals surface area contributed by atoms with Crippen LogP contribution in [-0.2, 0) is 4.79 Å². The summed E-state index contributed by atoms with van der Waals surface area (Å²) >= 11 is 5.88. The maximum Gasteiger partial charge on any atom is 0.224 e. The lowest BCUT2D eigenvalue weighted by Gasteiger charge is -2.20. The zero-order valence-corrected chi connectivity index (χ0v) is 23.7. The summed E-state index contributed by atoms with van der Waals surface area (Å²) in [5.74, 6) is -2.12. The Morgan fingerprint density at radius 3 is 2.65 bits per heavy atom. The van der Waals surface area contributed by atoms with E-state index in [9.17, 15) is 18.8 Å². The number of nitrogens with one attached hydrogen (secondary N) is 2. The largest absolute Gasteiger partial charge is 0.618 e. The van der Waals surface area contributed by atoms with Gasteiger partial charge in [0.1, 0.15) is 5.82 Å². The number of carbonyl (C=O) groups is 1. The molecule has 2 N–H and O–H groups in total. The second-order valence-electron chi connectivity index (χ2n) is 10.5. The molecule has 2 bridgehead atoms. The van der Waals surface area contributed by atoms with Gasteiger partial charge in [-0.05, 0) is 66.4 Å². The Labute approximate surface area is 252 Å². The first-order chi connectivity index (χ1) is 20.9. The van der Waals surface area contributed by atoms with Gasteiger partial charge in [0.2, 0.25) is 5.91 Å². The molecular formula is C34H27ClF2N4O2. The van der Waals surface area contributed by atoms with Crippen LogP contribution >= 0.6 is 11.6 Å². The topological polar surface area (TPSA) is 81.0 Å². The highest BCUT2D eigenvalue weighted by atomic mass is 35.5. The Kier molecular flexibility index (Phi) is 8.03. The quantitative estimate of drug-likeness (QED) is 0.124. The van der Waals surface area contributed by atoms with Gasteiger partial charge in [-0.15, -0.1) is 0 Å². The van der Waals surface area contributed by atoms with Crippen molar-refractivity contribution in [3.05, 3.63) is 131 Å². The van der Waals surface area contributed by atoms with Crippen LogP contribution in [0.1, 0.15) is 42.9 Å². The van der Waals surface area contributed by atoms with Crippen LogP contribution in [-0.4, -0.2) is 10.9 Å². The Bertz CT molecular complexity index is 1820. The number of hydrogen-bond donors (Lipinski definition) is 2. The summed E-state index contributed by atoms with van der Waals surface area (Å²) in [5, 5.41) is 19.6. The molecule has 43 heavy (non-hydrogen) atoms. The van der Waals surface area contributed by atoms with Crippen molar-refractivity contribution in [2.75, 3.05) is 10.6 Å². The normalized spacial score (nSPS) is 15.0. The molecule has 0 aliphatic carbocycles. The van der Waals surface area contributed by atoms with Crippen molar-refractivity contribution in [3.8, 4) is 22.3 Å². The fourth-order valence-electron chi connectivity index (χ4n) is 5.54. The van der Waals surface area contributed by atoms with E-state index < -0.39 is 11.6 Å². The van der Waals surface area contributed by atoms with Crippen LogP contribution in [0.25, 0.3) is 22.3 Å². The van der Waals surface area contributed by atoms with Crippen LogP contribution in [0.3, 0.4) is 0 Å². The fraction of sp³-hybridized carbons (Fsp3) is 0.147. The first-order valence-corrected chi connectivity index (χ1v) is 14.3. The Hall–Kier alpha value is -4.82. The van der Waals surface area contributed by atoms with E-state index in [1.807, 2.05) is 54.6 Å². The molecule has 6 rings (SSSR count). The van der Waals surface area contributed by atoms with E-state index in [0.717, 1.165) is 40.2 Å². The smallest absolute Gasteiger partial charge is 0.224 e. The second kappa shape index (κ2) is 12.2. The molecule has 0 fully saturated rings. The van der Waals surface area contributed by atoms with Gasteiger partial charge in [-0.2, -0.15) is 4.73 Å².